The van der Waals surface area contributed by atoms with E-state index in [1.165, 1.54) is 0 Å². The average molecular weight is 248 g/mol. The number of phenolic OH excluding ortho intramolecular Hbond substituents is 1. The number of phenols is 1. The number of nitrogens with one attached hydrogen (secondary N) is 1. The Labute approximate surface area is 110 Å². The normalized spacial score (nSPS) is 20.6. The Kier molecular flexibility index (Phi) is 4.61. The first-order chi connectivity index (χ1) is 8.74. The highest BCUT2D eigenvalue weighted by Crippen LogP contribution is 2.35. The molecule has 1 aromatic rings. The van der Waals surface area contributed by atoms with Crippen LogP contribution in [0.15, 0.2) is 24.3 Å². The van der Waals surface area contributed by atoms with Crippen LogP contribution in [-0.2, 0) is 0 Å². The van der Waals surface area contributed by atoms with Gasteiger partial charge in [-0.1, -0.05) is 38.5 Å². The van der Waals surface area contributed by atoms with Crippen LogP contribution >= 0.6 is 0 Å². The van der Waals surface area contributed by atoms with Crippen molar-refractivity contribution >= 4 is 0 Å². The molecule has 0 amide bonds. The smallest absolute Gasteiger partial charge is 0.120 e. The van der Waals surface area contributed by atoms with Gasteiger partial charge in [0, 0.05) is 37.8 Å². The minimum absolute atomic E-state index is 0.332. The molecule has 0 aromatic heterocycles. The number of piperazine rings is 1. The van der Waals surface area contributed by atoms with Gasteiger partial charge in [0.15, 0.2) is 0 Å². The van der Waals surface area contributed by atoms with E-state index < -0.39 is 0 Å². The largest absolute Gasteiger partial charge is 0.508 e. The van der Waals surface area contributed by atoms with Crippen LogP contribution in [0.3, 0.4) is 0 Å². The number of rotatable bonds is 4. The molecule has 0 spiro atoms. The van der Waals surface area contributed by atoms with E-state index in [4.69, 9.17) is 0 Å². The molecule has 1 fully saturated rings. The Balaban J connectivity index is 2.27. The molecule has 2 atom stereocenters. The van der Waals surface area contributed by atoms with Crippen LogP contribution in [0.2, 0.25) is 0 Å². The Morgan fingerprint density at radius 3 is 2.56 bits per heavy atom. The lowest BCUT2D eigenvalue weighted by atomic mass is 9.90. The summed E-state index contributed by atoms with van der Waals surface area (Å²) < 4.78 is 0. The summed E-state index contributed by atoms with van der Waals surface area (Å²) in [5, 5.41) is 13.5. The molecule has 0 saturated carbocycles. The molecule has 0 aliphatic carbocycles. The molecule has 1 aliphatic heterocycles. The number of para-hydroxylation sites is 1. The van der Waals surface area contributed by atoms with Crippen molar-refractivity contribution in [2.45, 2.75) is 26.3 Å². The van der Waals surface area contributed by atoms with Crippen molar-refractivity contribution in [3.63, 3.8) is 0 Å². The molecule has 1 saturated heterocycles. The van der Waals surface area contributed by atoms with E-state index in [2.05, 4.69) is 30.1 Å². The van der Waals surface area contributed by atoms with Crippen molar-refractivity contribution in [2.24, 2.45) is 5.92 Å². The van der Waals surface area contributed by atoms with Gasteiger partial charge < -0.3 is 10.4 Å². The Morgan fingerprint density at radius 2 is 1.94 bits per heavy atom. The predicted octanol–water partition coefficient (Wildman–Crippen LogP) is 2.38. The van der Waals surface area contributed by atoms with Gasteiger partial charge in [0.25, 0.3) is 0 Å². The second-order valence-electron chi connectivity index (χ2n) is 5.18. The summed E-state index contributed by atoms with van der Waals surface area (Å²) in [6.07, 6.45) is 1.13. The fraction of sp³-hybridized carbons (Fsp3) is 0.600. The molecule has 18 heavy (non-hydrogen) atoms. The van der Waals surface area contributed by atoms with Crippen LogP contribution in [0.4, 0.5) is 0 Å². The fourth-order valence-corrected chi connectivity index (χ4v) is 2.78. The first-order valence-electron chi connectivity index (χ1n) is 6.96. The van der Waals surface area contributed by atoms with Crippen LogP contribution in [0, 0.1) is 5.92 Å². The van der Waals surface area contributed by atoms with E-state index in [0.29, 0.717) is 17.7 Å². The first kappa shape index (κ1) is 13.4. The monoisotopic (exact) mass is 248 g/mol. The van der Waals surface area contributed by atoms with Gasteiger partial charge in [-0.3, -0.25) is 4.90 Å². The molecule has 1 aromatic carbocycles. The highest BCUT2D eigenvalue weighted by Gasteiger charge is 2.27. The highest BCUT2D eigenvalue weighted by molar-refractivity contribution is 5.35. The minimum Gasteiger partial charge on any atom is -0.508 e. The lowest BCUT2D eigenvalue weighted by molar-refractivity contribution is 0.126. The third-order valence-electron chi connectivity index (χ3n) is 3.98. The van der Waals surface area contributed by atoms with Crippen LogP contribution in [0.1, 0.15) is 31.9 Å². The van der Waals surface area contributed by atoms with Crippen molar-refractivity contribution in [1.29, 1.82) is 0 Å². The van der Waals surface area contributed by atoms with E-state index >= 15 is 0 Å². The van der Waals surface area contributed by atoms with Gasteiger partial charge in [0.1, 0.15) is 5.75 Å². The van der Waals surface area contributed by atoms with Gasteiger partial charge >= 0.3 is 0 Å². The standard InChI is InChI=1S/C15H24N2O/c1-3-12(2)15(17-10-8-16-9-11-17)13-6-4-5-7-14(13)18/h4-7,12,15-16,18H,3,8-11H2,1-2H3/t12?,15-/m1/s1. The van der Waals surface area contributed by atoms with Crippen molar-refractivity contribution in [3.8, 4) is 5.75 Å². The zero-order chi connectivity index (χ0) is 13.0. The summed E-state index contributed by atoms with van der Waals surface area (Å²) >= 11 is 0. The van der Waals surface area contributed by atoms with E-state index in [0.717, 1.165) is 38.2 Å². The molecule has 3 nitrogen and oxygen atoms in total. The van der Waals surface area contributed by atoms with Crippen molar-refractivity contribution < 1.29 is 5.11 Å². The first-order valence-corrected chi connectivity index (χ1v) is 6.96. The number of benzene rings is 1. The van der Waals surface area contributed by atoms with E-state index in [1.54, 1.807) is 6.07 Å². The molecule has 1 heterocycles. The van der Waals surface area contributed by atoms with Gasteiger partial charge in [-0.2, -0.15) is 0 Å². The fourth-order valence-electron chi connectivity index (χ4n) is 2.78. The van der Waals surface area contributed by atoms with Crippen LogP contribution in [-0.4, -0.2) is 36.2 Å². The highest BCUT2D eigenvalue weighted by atomic mass is 16.3. The SMILES string of the molecule is CCC(C)[C@H](c1ccccc1O)N1CCNCC1. The van der Waals surface area contributed by atoms with Crippen molar-refractivity contribution in [3.05, 3.63) is 29.8 Å². The number of nitrogens with zero attached hydrogens (tertiary/aromatic N) is 1. The number of aromatic hydroxyl groups is 1. The molecule has 1 aliphatic rings. The predicted molar refractivity (Wildman–Crippen MR) is 74.7 cm³/mol. The summed E-state index contributed by atoms with van der Waals surface area (Å²) in [5.74, 6) is 0.984. The summed E-state index contributed by atoms with van der Waals surface area (Å²) in [6, 6.07) is 8.11. The van der Waals surface area contributed by atoms with Crippen LogP contribution in [0.5, 0.6) is 5.75 Å². The molecule has 3 heteroatoms. The summed E-state index contributed by atoms with van der Waals surface area (Å²) in [6.45, 7) is 8.70. The van der Waals surface area contributed by atoms with Gasteiger partial charge in [0.05, 0.1) is 0 Å². The maximum atomic E-state index is 10.1. The number of hydrogen-bond donors (Lipinski definition) is 2. The molecule has 1 unspecified atom stereocenters. The maximum Gasteiger partial charge on any atom is 0.120 e. The summed E-state index contributed by atoms with van der Waals surface area (Å²) in [7, 11) is 0. The van der Waals surface area contributed by atoms with E-state index in [9.17, 15) is 5.11 Å². The maximum absolute atomic E-state index is 10.1. The minimum atomic E-state index is 0.332. The average Bonchev–Trinajstić information content (AvgIpc) is 2.42. The molecule has 100 valence electrons. The van der Waals surface area contributed by atoms with Gasteiger partial charge in [-0.25, -0.2) is 0 Å². The van der Waals surface area contributed by atoms with Gasteiger partial charge in [0.2, 0.25) is 0 Å². The zero-order valence-corrected chi connectivity index (χ0v) is 11.4. The Bertz CT molecular complexity index is 375. The summed E-state index contributed by atoms with van der Waals surface area (Å²) in [4.78, 5) is 2.50. The van der Waals surface area contributed by atoms with Crippen molar-refractivity contribution in [1.82, 2.24) is 10.2 Å². The molecule has 2 N–H and O–H groups in total. The van der Waals surface area contributed by atoms with Gasteiger partial charge in [-0.05, 0) is 12.0 Å². The molecular weight excluding hydrogens is 224 g/mol. The molecule has 2 rings (SSSR count). The topological polar surface area (TPSA) is 35.5 Å². The molecular formula is C15H24N2O. The third kappa shape index (κ3) is 2.85. The van der Waals surface area contributed by atoms with Gasteiger partial charge in [-0.15, -0.1) is 0 Å². The second-order valence-corrected chi connectivity index (χ2v) is 5.18. The Hall–Kier alpha value is -1.06. The molecule has 0 radical (unpaired) electrons. The van der Waals surface area contributed by atoms with Crippen molar-refractivity contribution in [2.75, 3.05) is 26.2 Å². The third-order valence-corrected chi connectivity index (χ3v) is 3.98. The second kappa shape index (κ2) is 6.21. The van der Waals surface area contributed by atoms with E-state index in [1.807, 2.05) is 12.1 Å². The quantitative estimate of drug-likeness (QED) is 0.859. The molecule has 0 bridgehead atoms. The Morgan fingerprint density at radius 1 is 1.28 bits per heavy atom. The number of hydrogen-bond acceptors (Lipinski definition) is 3. The summed E-state index contributed by atoms with van der Waals surface area (Å²) in [5.41, 5.74) is 1.08. The lowest BCUT2D eigenvalue weighted by Crippen LogP contribution is -2.46. The van der Waals surface area contributed by atoms with Crippen LogP contribution < -0.4 is 5.32 Å². The van der Waals surface area contributed by atoms with E-state index in [-0.39, 0.29) is 0 Å². The van der Waals surface area contributed by atoms with Crippen LogP contribution in [0.25, 0.3) is 0 Å². The lowest BCUT2D eigenvalue weighted by Gasteiger charge is -2.38. The zero-order valence-electron chi connectivity index (χ0n) is 11.4.